The predicted octanol–water partition coefficient (Wildman–Crippen LogP) is 3.42. The van der Waals surface area contributed by atoms with Gasteiger partial charge in [0.05, 0.1) is 6.04 Å². The van der Waals surface area contributed by atoms with E-state index in [4.69, 9.17) is 0 Å². The monoisotopic (exact) mass is 345 g/mol. The van der Waals surface area contributed by atoms with E-state index in [0.29, 0.717) is 11.6 Å². The van der Waals surface area contributed by atoms with Gasteiger partial charge in [-0.05, 0) is 64.9 Å². The summed E-state index contributed by atoms with van der Waals surface area (Å²) in [4.78, 5) is 26.7. The summed E-state index contributed by atoms with van der Waals surface area (Å²) < 4.78 is 0. The molecule has 5 heteroatoms. The molecule has 1 unspecified atom stereocenters. The van der Waals surface area contributed by atoms with Crippen LogP contribution in [0, 0.1) is 0 Å². The number of hydrogen-bond acceptors (Lipinski definition) is 3. The van der Waals surface area contributed by atoms with Crippen LogP contribution in [0.4, 0.5) is 5.69 Å². The minimum absolute atomic E-state index is 0.00699. The number of benzene rings is 1. The van der Waals surface area contributed by atoms with E-state index in [1.54, 1.807) is 24.3 Å². The molecule has 1 aromatic rings. The molecule has 0 heterocycles. The van der Waals surface area contributed by atoms with Crippen molar-refractivity contribution >= 4 is 17.5 Å². The number of amides is 2. The zero-order chi connectivity index (χ0) is 18.4. The number of carbonyl (C=O) groups is 2. The van der Waals surface area contributed by atoms with Gasteiger partial charge in [0.1, 0.15) is 0 Å². The van der Waals surface area contributed by atoms with Gasteiger partial charge in [-0.25, -0.2) is 0 Å². The Morgan fingerprint density at radius 1 is 1.04 bits per heavy atom. The molecular weight excluding hydrogens is 314 g/mol. The SMILES string of the molecule is CC(C)NC(=O)c1ccc(NC(=O)C(C)N(C)C2CCCCC2)cc1. The zero-order valence-corrected chi connectivity index (χ0v) is 15.8. The van der Waals surface area contributed by atoms with Crippen molar-refractivity contribution in [3.8, 4) is 0 Å². The van der Waals surface area contributed by atoms with Crippen molar-refractivity contribution in [2.45, 2.75) is 71.0 Å². The number of nitrogens with zero attached hydrogens (tertiary/aromatic N) is 1. The van der Waals surface area contributed by atoms with Crippen molar-refractivity contribution in [3.05, 3.63) is 29.8 Å². The molecule has 25 heavy (non-hydrogen) atoms. The zero-order valence-electron chi connectivity index (χ0n) is 15.8. The maximum absolute atomic E-state index is 12.5. The maximum Gasteiger partial charge on any atom is 0.251 e. The van der Waals surface area contributed by atoms with Gasteiger partial charge in [-0.1, -0.05) is 19.3 Å². The lowest BCUT2D eigenvalue weighted by atomic mass is 9.93. The number of rotatable bonds is 6. The molecule has 1 aliphatic carbocycles. The fourth-order valence-electron chi connectivity index (χ4n) is 3.29. The van der Waals surface area contributed by atoms with Crippen LogP contribution in [0.1, 0.15) is 63.2 Å². The Morgan fingerprint density at radius 3 is 2.20 bits per heavy atom. The van der Waals surface area contributed by atoms with Crippen molar-refractivity contribution in [3.63, 3.8) is 0 Å². The van der Waals surface area contributed by atoms with Gasteiger partial charge in [0.25, 0.3) is 5.91 Å². The van der Waals surface area contributed by atoms with Gasteiger partial charge < -0.3 is 10.6 Å². The Morgan fingerprint density at radius 2 is 1.64 bits per heavy atom. The highest BCUT2D eigenvalue weighted by atomic mass is 16.2. The van der Waals surface area contributed by atoms with E-state index in [2.05, 4.69) is 15.5 Å². The van der Waals surface area contributed by atoms with Gasteiger partial charge in [0.15, 0.2) is 0 Å². The van der Waals surface area contributed by atoms with E-state index in [9.17, 15) is 9.59 Å². The Bertz CT molecular complexity index is 577. The molecule has 1 aromatic carbocycles. The standard InChI is InChI=1S/C20H31N3O2/c1-14(2)21-20(25)16-10-12-17(13-11-16)22-19(24)15(3)23(4)18-8-6-5-7-9-18/h10-15,18H,5-9H2,1-4H3,(H,21,25)(H,22,24). The van der Waals surface area contributed by atoms with Crippen molar-refractivity contribution in [1.29, 1.82) is 0 Å². The van der Waals surface area contributed by atoms with Gasteiger partial charge in [-0.3, -0.25) is 14.5 Å². The molecule has 2 rings (SSSR count). The lowest BCUT2D eigenvalue weighted by Gasteiger charge is -2.34. The Hall–Kier alpha value is -1.88. The number of anilines is 1. The van der Waals surface area contributed by atoms with Crippen molar-refractivity contribution in [2.24, 2.45) is 0 Å². The largest absolute Gasteiger partial charge is 0.350 e. The van der Waals surface area contributed by atoms with E-state index in [0.717, 1.165) is 5.69 Å². The normalized spacial score (nSPS) is 16.7. The van der Waals surface area contributed by atoms with E-state index in [-0.39, 0.29) is 23.9 Å². The summed E-state index contributed by atoms with van der Waals surface area (Å²) in [6.07, 6.45) is 6.16. The molecule has 1 saturated carbocycles. The smallest absolute Gasteiger partial charge is 0.251 e. The Kier molecular flexibility index (Phi) is 7.00. The fourth-order valence-corrected chi connectivity index (χ4v) is 3.29. The Labute approximate surface area is 151 Å². The highest BCUT2D eigenvalue weighted by Gasteiger charge is 2.26. The van der Waals surface area contributed by atoms with Crippen LogP contribution in [0.25, 0.3) is 0 Å². The van der Waals surface area contributed by atoms with Crippen LogP contribution in [0.5, 0.6) is 0 Å². The average molecular weight is 345 g/mol. The first-order chi connectivity index (χ1) is 11.9. The summed E-state index contributed by atoms with van der Waals surface area (Å²) in [5.41, 5.74) is 1.31. The molecule has 0 aliphatic heterocycles. The molecule has 0 aromatic heterocycles. The second-order valence-electron chi connectivity index (χ2n) is 7.33. The number of likely N-dealkylation sites (N-methyl/N-ethyl adjacent to an activating group) is 1. The van der Waals surface area contributed by atoms with Crippen molar-refractivity contribution in [2.75, 3.05) is 12.4 Å². The van der Waals surface area contributed by atoms with Gasteiger partial charge >= 0.3 is 0 Å². The van der Waals surface area contributed by atoms with Crippen LogP contribution >= 0.6 is 0 Å². The minimum atomic E-state index is -0.174. The summed E-state index contributed by atoms with van der Waals surface area (Å²) in [6, 6.07) is 7.46. The van der Waals surface area contributed by atoms with E-state index < -0.39 is 0 Å². The summed E-state index contributed by atoms with van der Waals surface area (Å²) >= 11 is 0. The van der Waals surface area contributed by atoms with Crippen LogP contribution in [-0.2, 0) is 4.79 Å². The number of hydrogen-bond donors (Lipinski definition) is 2. The molecule has 1 aliphatic rings. The van der Waals surface area contributed by atoms with E-state index in [1.165, 1.54) is 32.1 Å². The van der Waals surface area contributed by atoms with Gasteiger partial charge in [0.2, 0.25) is 5.91 Å². The van der Waals surface area contributed by atoms with Crippen LogP contribution < -0.4 is 10.6 Å². The number of nitrogens with one attached hydrogen (secondary N) is 2. The van der Waals surface area contributed by atoms with E-state index in [1.807, 2.05) is 27.8 Å². The number of carbonyl (C=O) groups excluding carboxylic acids is 2. The minimum Gasteiger partial charge on any atom is -0.350 e. The lowest BCUT2D eigenvalue weighted by molar-refractivity contribution is -0.121. The third-order valence-electron chi connectivity index (χ3n) is 4.98. The molecule has 2 amide bonds. The van der Waals surface area contributed by atoms with Gasteiger partial charge in [-0.15, -0.1) is 0 Å². The summed E-state index contributed by atoms with van der Waals surface area (Å²) in [7, 11) is 2.04. The summed E-state index contributed by atoms with van der Waals surface area (Å²) in [5.74, 6) is -0.106. The molecule has 0 bridgehead atoms. The molecule has 0 spiro atoms. The lowest BCUT2D eigenvalue weighted by Crippen LogP contribution is -2.46. The summed E-state index contributed by atoms with van der Waals surface area (Å²) in [6.45, 7) is 5.81. The fraction of sp³-hybridized carbons (Fsp3) is 0.600. The summed E-state index contributed by atoms with van der Waals surface area (Å²) in [5, 5.41) is 5.81. The van der Waals surface area contributed by atoms with E-state index >= 15 is 0 Å². The van der Waals surface area contributed by atoms with Crippen molar-refractivity contribution in [1.82, 2.24) is 10.2 Å². The first-order valence-corrected chi connectivity index (χ1v) is 9.32. The van der Waals surface area contributed by atoms with Crippen LogP contribution in [0.15, 0.2) is 24.3 Å². The molecule has 0 radical (unpaired) electrons. The van der Waals surface area contributed by atoms with Crippen LogP contribution in [-0.4, -0.2) is 41.9 Å². The quantitative estimate of drug-likeness (QED) is 0.830. The molecule has 2 N–H and O–H groups in total. The molecule has 1 fully saturated rings. The molecule has 0 saturated heterocycles. The third-order valence-corrected chi connectivity index (χ3v) is 4.98. The topological polar surface area (TPSA) is 61.4 Å². The molecular formula is C20H31N3O2. The Balaban J connectivity index is 1.92. The van der Waals surface area contributed by atoms with Crippen LogP contribution in [0.3, 0.4) is 0 Å². The first-order valence-electron chi connectivity index (χ1n) is 9.32. The third kappa shape index (κ3) is 5.56. The molecule has 1 atom stereocenters. The molecule has 5 nitrogen and oxygen atoms in total. The second-order valence-corrected chi connectivity index (χ2v) is 7.33. The average Bonchev–Trinajstić information content (AvgIpc) is 2.61. The predicted molar refractivity (Wildman–Crippen MR) is 102 cm³/mol. The van der Waals surface area contributed by atoms with Gasteiger partial charge in [-0.2, -0.15) is 0 Å². The highest BCUT2D eigenvalue weighted by molar-refractivity contribution is 5.97. The molecule has 138 valence electrons. The maximum atomic E-state index is 12.5. The second kappa shape index (κ2) is 8.99. The van der Waals surface area contributed by atoms with Crippen LogP contribution in [0.2, 0.25) is 0 Å². The van der Waals surface area contributed by atoms with Gasteiger partial charge in [0, 0.05) is 23.3 Å². The first kappa shape index (κ1) is 19.4. The van der Waals surface area contributed by atoms with Crippen molar-refractivity contribution < 1.29 is 9.59 Å². The highest BCUT2D eigenvalue weighted by Crippen LogP contribution is 2.23.